The number of benzene rings is 1. The molecule has 2 rings (SSSR count). The van der Waals surface area contributed by atoms with Crippen LogP contribution >= 0.6 is 15.9 Å². The number of hydrogen-bond donors (Lipinski definition) is 1. The summed E-state index contributed by atoms with van der Waals surface area (Å²) in [6, 6.07) is 12.6. The number of rotatable bonds is 4. The summed E-state index contributed by atoms with van der Waals surface area (Å²) >= 11 is 3.57. The van der Waals surface area contributed by atoms with Crippen LogP contribution in [0.5, 0.6) is 0 Å². The molecule has 0 bridgehead atoms. The molecule has 1 aromatic heterocycles. The molecule has 2 nitrogen and oxygen atoms in total. The van der Waals surface area contributed by atoms with Crippen LogP contribution in [-0.2, 0) is 0 Å². The second-order valence-corrected chi connectivity index (χ2v) is 5.00. The maximum absolute atomic E-state index is 5.39. The maximum Gasteiger partial charge on any atom is 0.120 e. The minimum absolute atomic E-state index is 0.201. The Morgan fingerprint density at radius 3 is 2.47 bits per heavy atom. The van der Waals surface area contributed by atoms with Gasteiger partial charge in [0.05, 0.1) is 12.3 Å². The van der Waals surface area contributed by atoms with E-state index in [-0.39, 0.29) is 12.1 Å². The minimum Gasteiger partial charge on any atom is -0.468 e. The first-order chi connectivity index (χ1) is 8.18. The average Bonchev–Trinajstić information content (AvgIpc) is 2.82. The van der Waals surface area contributed by atoms with Crippen molar-refractivity contribution in [2.45, 2.75) is 25.9 Å². The normalized spacial score (nSPS) is 14.5. The topological polar surface area (TPSA) is 25.2 Å². The summed E-state index contributed by atoms with van der Waals surface area (Å²) in [5.74, 6) is 0.962. The smallest absolute Gasteiger partial charge is 0.120 e. The van der Waals surface area contributed by atoms with E-state index < -0.39 is 0 Å². The molecule has 0 radical (unpaired) electrons. The molecule has 1 N–H and O–H groups in total. The summed E-state index contributed by atoms with van der Waals surface area (Å²) < 4.78 is 6.52. The SMILES string of the molecule is CC(N[C@@H](C)c1ccccc1Br)c1ccco1. The molecule has 0 saturated heterocycles. The second kappa shape index (κ2) is 5.52. The van der Waals surface area contributed by atoms with E-state index in [1.165, 1.54) is 5.56 Å². The van der Waals surface area contributed by atoms with Crippen LogP contribution in [0, 0.1) is 0 Å². The summed E-state index contributed by atoms with van der Waals surface area (Å²) in [6.07, 6.45) is 1.70. The van der Waals surface area contributed by atoms with E-state index in [4.69, 9.17) is 4.42 Å². The Bertz CT molecular complexity index is 467. The molecule has 1 heterocycles. The Kier molecular flexibility index (Phi) is 4.02. The van der Waals surface area contributed by atoms with Gasteiger partial charge in [0, 0.05) is 10.5 Å². The molecule has 0 fully saturated rings. The Morgan fingerprint density at radius 1 is 1.06 bits per heavy atom. The lowest BCUT2D eigenvalue weighted by molar-refractivity contribution is 0.402. The van der Waals surface area contributed by atoms with Crippen LogP contribution < -0.4 is 5.32 Å². The number of halogens is 1. The fourth-order valence-corrected chi connectivity index (χ4v) is 2.54. The van der Waals surface area contributed by atoms with Crippen LogP contribution in [0.3, 0.4) is 0 Å². The van der Waals surface area contributed by atoms with Crippen LogP contribution in [0.15, 0.2) is 51.6 Å². The zero-order valence-electron chi connectivity index (χ0n) is 9.98. The molecule has 0 saturated carbocycles. The van der Waals surface area contributed by atoms with E-state index in [0.717, 1.165) is 10.2 Å². The van der Waals surface area contributed by atoms with E-state index in [1.54, 1.807) is 6.26 Å². The van der Waals surface area contributed by atoms with Gasteiger partial charge in [-0.05, 0) is 37.6 Å². The molecular formula is C14H16BrNO. The Morgan fingerprint density at radius 2 is 1.82 bits per heavy atom. The standard InChI is InChI=1S/C14H16BrNO/c1-10(12-6-3-4-7-13(12)15)16-11(2)14-8-5-9-17-14/h3-11,16H,1-2H3/t10-,11?/m0/s1. The molecule has 3 heteroatoms. The van der Waals surface area contributed by atoms with Gasteiger partial charge < -0.3 is 9.73 Å². The van der Waals surface area contributed by atoms with Crippen LogP contribution in [0.25, 0.3) is 0 Å². The molecule has 0 amide bonds. The third kappa shape index (κ3) is 2.99. The fourth-order valence-electron chi connectivity index (χ4n) is 1.91. The molecule has 0 spiro atoms. The Hall–Kier alpha value is -1.06. The van der Waals surface area contributed by atoms with Crippen LogP contribution in [-0.4, -0.2) is 0 Å². The largest absolute Gasteiger partial charge is 0.468 e. The molecule has 0 aliphatic carbocycles. The monoisotopic (exact) mass is 293 g/mol. The third-order valence-corrected chi connectivity index (χ3v) is 3.56. The van der Waals surface area contributed by atoms with Gasteiger partial charge in [-0.15, -0.1) is 0 Å². The summed E-state index contributed by atoms with van der Waals surface area (Å²) in [6.45, 7) is 4.26. The molecule has 17 heavy (non-hydrogen) atoms. The lowest BCUT2D eigenvalue weighted by atomic mass is 10.1. The Labute approximate surface area is 110 Å². The molecule has 0 aliphatic heterocycles. The summed E-state index contributed by atoms with van der Waals surface area (Å²) in [7, 11) is 0. The van der Waals surface area contributed by atoms with Gasteiger partial charge in [0.1, 0.15) is 5.76 Å². The number of furan rings is 1. The zero-order chi connectivity index (χ0) is 12.3. The summed E-state index contributed by atoms with van der Waals surface area (Å²) in [5.41, 5.74) is 1.26. The first kappa shape index (κ1) is 12.4. The second-order valence-electron chi connectivity index (χ2n) is 4.15. The van der Waals surface area contributed by atoms with Crippen molar-refractivity contribution in [3.63, 3.8) is 0 Å². The van der Waals surface area contributed by atoms with Crippen LogP contribution in [0.1, 0.15) is 37.3 Å². The van der Waals surface area contributed by atoms with Crippen molar-refractivity contribution in [3.8, 4) is 0 Å². The van der Waals surface area contributed by atoms with Gasteiger partial charge >= 0.3 is 0 Å². The first-order valence-electron chi connectivity index (χ1n) is 5.72. The van der Waals surface area contributed by atoms with Crippen LogP contribution in [0.2, 0.25) is 0 Å². The molecule has 2 atom stereocenters. The predicted octanol–water partition coefficient (Wildman–Crippen LogP) is 4.45. The minimum atomic E-state index is 0.201. The van der Waals surface area contributed by atoms with Crippen molar-refractivity contribution < 1.29 is 4.42 Å². The quantitative estimate of drug-likeness (QED) is 0.901. The maximum atomic E-state index is 5.39. The average molecular weight is 294 g/mol. The van der Waals surface area contributed by atoms with E-state index >= 15 is 0 Å². The molecule has 90 valence electrons. The van der Waals surface area contributed by atoms with Gasteiger partial charge in [-0.3, -0.25) is 0 Å². The van der Waals surface area contributed by atoms with Crippen molar-refractivity contribution in [1.29, 1.82) is 0 Å². The molecular weight excluding hydrogens is 278 g/mol. The van der Waals surface area contributed by atoms with Crippen molar-refractivity contribution in [1.82, 2.24) is 5.32 Å². The highest BCUT2D eigenvalue weighted by molar-refractivity contribution is 9.10. The summed E-state index contributed by atoms with van der Waals surface area (Å²) in [4.78, 5) is 0. The number of nitrogens with one attached hydrogen (secondary N) is 1. The molecule has 1 unspecified atom stereocenters. The highest BCUT2D eigenvalue weighted by atomic mass is 79.9. The third-order valence-electron chi connectivity index (χ3n) is 2.84. The number of hydrogen-bond acceptors (Lipinski definition) is 2. The highest BCUT2D eigenvalue weighted by Gasteiger charge is 2.14. The van der Waals surface area contributed by atoms with Gasteiger partial charge in [-0.2, -0.15) is 0 Å². The van der Waals surface area contributed by atoms with Gasteiger partial charge in [0.2, 0.25) is 0 Å². The van der Waals surface area contributed by atoms with Crippen molar-refractivity contribution in [3.05, 3.63) is 58.5 Å². The van der Waals surface area contributed by atoms with Gasteiger partial charge in [-0.1, -0.05) is 34.1 Å². The van der Waals surface area contributed by atoms with Gasteiger partial charge in [-0.25, -0.2) is 0 Å². The Balaban J connectivity index is 2.07. The highest BCUT2D eigenvalue weighted by Crippen LogP contribution is 2.25. The zero-order valence-corrected chi connectivity index (χ0v) is 11.6. The summed E-state index contributed by atoms with van der Waals surface area (Å²) in [5, 5.41) is 3.52. The van der Waals surface area contributed by atoms with E-state index in [0.29, 0.717) is 0 Å². The van der Waals surface area contributed by atoms with Gasteiger partial charge in [0.25, 0.3) is 0 Å². The molecule has 2 aromatic rings. The first-order valence-corrected chi connectivity index (χ1v) is 6.51. The van der Waals surface area contributed by atoms with Gasteiger partial charge in [0.15, 0.2) is 0 Å². The van der Waals surface area contributed by atoms with Crippen LogP contribution in [0.4, 0.5) is 0 Å². The van der Waals surface area contributed by atoms with E-state index in [1.807, 2.05) is 18.2 Å². The van der Waals surface area contributed by atoms with E-state index in [2.05, 4.69) is 53.3 Å². The van der Waals surface area contributed by atoms with Crippen molar-refractivity contribution in [2.75, 3.05) is 0 Å². The van der Waals surface area contributed by atoms with Crippen molar-refractivity contribution in [2.24, 2.45) is 0 Å². The van der Waals surface area contributed by atoms with Crippen molar-refractivity contribution >= 4 is 15.9 Å². The predicted molar refractivity (Wildman–Crippen MR) is 72.8 cm³/mol. The molecule has 0 aliphatic rings. The molecule has 1 aromatic carbocycles. The van der Waals surface area contributed by atoms with E-state index in [9.17, 15) is 0 Å². The lowest BCUT2D eigenvalue weighted by Gasteiger charge is -2.19. The lowest BCUT2D eigenvalue weighted by Crippen LogP contribution is -2.22. The fraction of sp³-hybridized carbons (Fsp3) is 0.286.